The lowest BCUT2D eigenvalue weighted by molar-refractivity contribution is -0.128. The highest BCUT2D eigenvalue weighted by Crippen LogP contribution is 2.27. The normalized spacial score (nSPS) is 19.1. The van der Waals surface area contributed by atoms with Gasteiger partial charge in [-0.2, -0.15) is 5.10 Å². The van der Waals surface area contributed by atoms with Crippen LogP contribution in [0.1, 0.15) is 32.1 Å². The van der Waals surface area contributed by atoms with Crippen LogP contribution in [0.25, 0.3) is 0 Å². The van der Waals surface area contributed by atoms with Gasteiger partial charge < -0.3 is 15.0 Å². The molecule has 1 aliphatic heterocycles. The molecule has 7 heteroatoms. The maximum absolute atomic E-state index is 12.1. The third-order valence-electron chi connectivity index (χ3n) is 5.04. The number of nitrogens with one attached hydrogen (secondary N) is 1. The molecule has 1 amide bonds. The quantitative estimate of drug-likeness (QED) is 0.832. The van der Waals surface area contributed by atoms with Crippen LogP contribution < -0.4 is 15.8 Å². The first-order chi connectivity index (χ1) is 11.7. The highest BCUT2D eigenvalue weighted by molar-refractivity contribution is 5.79. The molecule has 132 valence electrons. The summed E-state index contributed by atoms with van der Waals surface area (Å²) in [6, 6.07) is 1.89. The van der Waals surface area contributed by atoms with Gasteiger partial charge in [-0.3, -0.25) is 9.59 Å². The summed E-state index contributed by atoms with van der Waals surface area (Å²) in [5.41, 5.74) is 0.752. The van der Waals surface area contributed by atoms with E-state index in [0.717, 1.165) is 44.5 Å². The highest BCUT2D eigenvalue weighted by atomic mass is 16.5. The van der Waals surface area contributed by atoms with Gasteiger partial charge >= 0.3 is 0 Å². The second kappa shape index (κ2) is 7.79. The number of rotatable bonds is 6. The molecule has 0 bridgehead atoms. The van der Waals surface area contributed by atoms with Crippen LogP contribution in [0.5, 0.6) is 0 Å². The van der Waals surface area contributed by atoms with E-state index in [-0.39, 0.29) is 23.4 Å². The summed E-state index contributed by atoms with van der Waals surface area (Å²) >= 11 is 0. The summed E-state index contributed by atoms with van der Waals surface area (Å²) in [6.45, 7) is 2.60. The molecule has 1 saturated heterocycles. The lowest BCUT2D eigenvalue weighted by Gasteiger charge is -2.35. The van der Waals surface area contributed by atoms with Crippen molar-refractivity contribution in [1.29, 1.82) is 0 Å². The van der Waals surface area contributed by atoms with E-state index >= 15 is 0 Å². The second-order valence-corrected chi connectivity index (χ2v) is 6.67. The van der Waals surface area contributed by atoms with Gasteiger partial charge in [-0.1, -0.05) is 6.42 Å². The maximum Gasteiger partial charge on any atom is 0.268 e. The molecule has 0 spiro atoms. The Hall–Kier alpha value is -1.89. The Labute approximate surface area is 142 Å². The van der Waals surface area contributed by atoms with Crippen LogP contribution in [0.2, 0.25) is 0 Å². The molecule has 1 saturated carbocycles. The minimum absolute atomic E-state index is 0.107. The predicted octanol–water partition coefficient (Wildman–Crippen LogP) is 0.775. The zero-order chi connectivity index (χ0) is 16.9. The molecule has 1 aliphatic carbocycles. The number of aromatic nitrogens is 2. The minimum atomic E-state index is -0.107. The summed E-state index contributed by atoms with van der Waals surface area (Å²) in [5, 5.41) is 7.39. The lowest BCUT2D eigenvalue weighted by Crippen LogP contribution is -2.47. The SMILES string of the molecule is COCCn1ncc(N2CCC(NC(=O)C3CCC3)CC2)cc1=O. The zero-order valence-corrected chi connectivity index (χ0v) is 14.2. The molecule has 2 aliphatic rings. The summed E-state index contributed by atoms with van der Waals surface area (Å²) < 4.78 is 6.39. The molecule has 0 radical (unpaired) electrons. The Bertz CT molecular complexity index is 619. The van der Waals surface area contributed by atoms with E-state index < -0.39 is 0 Å². The van der Waals surface area contributed by atoms with E-state index in [1.165, 1.54) is 11.1 Å². The van der Waals surface area contributed by atoms with E-state index in [1.807, 2.05) is 0 Å². The molecule has 1 N–H and O–H groups in total. The molecule has 3 rings (SSSR count). The smallest absolute Gasteiger partial charge is 0.268 e. The largest absolute Gasteiger partial charge is 0.383 e. The monoisotopic (exact) mass is 334 g/mol. The topological polar surface area (TPSA) is 76.5 Å². The molecule has 0 aromatic carbocycles. The molecule has 0 unspecified atom stereocenters. The fraction of sp³-hybridized carbons (Fsp3) is 0.706. The number of piperidine rings is 1. The van der Waals surface area contributed by atoms with E-state index in [1.54, 1.807) is 19.4 Å². The molecule has 2 heterocycles. The lowest BCUT2D eigenvalue weighted by atomic mass is 9.84. The van der Waals surface area contributed by atoms with Gasteiger partial charge in [0, 0.05) is 38.2 Å². The predicted molar refractivity (Wildman–Crippen MR) is 91.1 cm³/mol. The summed E-state index contributed by atoms with van der Waals surface area (Å²) in [4.78, 5) is 26.3. The first kappa shape index (κ1) is 17.0. The molecule has 24 heavy (non-hydrogen) atoms. The third kappa shape index (κ3) is 3.95. The Morgan fingerprint density at radius 1 is 1.33 bits per heavy atom. The van der Waals surface area contributed by atoms with E-state index in [9.17, 15) is 9.59 Å². The zero-order valence-electron chi connectivity index (χ0n) is 14.2. The number of methoxy groups -OCH3 is 1. The molecule has 1 aromatic rings. The van der Waals surface area contributed by atoms with Gasteiger partial charge in [-0.05, 0) is 25.7 Å². The number of ether oxygens (including phenoxy) is 1. The van der Waals surface area contributed by atoms with Crippen molar-refractivity contribution in [3.8, 4) is 0 Å². The average Bonchev–Trinajstić information content (AvgIpc) is 2.52. The highest BCUT2D eigenvalue weighted by Gasteiger charge is 2.28. The minimum Gasteiger partial charge on any atom is -0.383 e. The summed E-state index contributed by atoms with van der Waals surface area (Å²) in [7, 11) is 1.60. The van der Waals surface area contributed by atoms with Crippen molar-refractivity contribution >= 4 is 11.6 Å². The van der Waals surface area contributed by atoms with Gasteiger partial charge in [0.1, 0.15) is 0 Å². The standard InChI is InChI=1S/C17H26N4O3/c1-24-10-9-21-16(22)11-15(12-18-21)20-7-5-14(6-8-20)19-17(23)13-3-2-4-13/h11-14H,2-10H2,1H3,(H,19,23). The molecule has 0 atom stereocenters. The van der Waals surface area contributed by atoms with Crippen LogP contribution in [0.3, 0.4) is 0 Å². The number of amides is 1. The molecular formula is C17H26N4O3. The Morgan fingerprint density at radius 2 is 2.08 bits per heavy atom. The van der Waals surface area contributed by atoms with Gasteiger partial charge in [0.15, 0.2) is 0 Å². The molecular weight excluding hydrogens is 308 g/mol. The number of hydrogen-bond donors (Lipinski definition) is 1. The number of hydrogen-bond acceptors (Lipinski definition) is 5. The number of anilines is 1. The second-order valence-electron chi connectivity index (χ2n) is 6.67. The van der Waals surface area contributed by atoms with Gasteiger partial charge in [-0.25, -0.2) is 4.68 Å². The van der Waals surface area contributed by atoms with Crippen LogP contribution in [0.15, 0.2) is 17.1 Å². The Kier molecular flexibility index (Phi) is 5.50. The van der Waals surface area contributed by atoms with Gasteiger partial charge in [0.05, 0.1) is 25.0 Å². The van der Waals surface area contributed by atoms with Gasteiger partial charge in [-0.15, -0.1) is 0 Å². The fourth-order valence-corrected chi connectivity index (χ4v) is 3.21. The Morgan fingerprint density at radius 3 is 2.67 bits per heavy atom. The summed E-state index contributed by atoms with van der Waals surface area (Å²) in [6.07, 6.45) is 6.81. The Balaban J connectivity index is 1.51. The van der Waals surface area contributed by atoms with Crippen molar-refractivity contribution in [3.63, 3.8) is 0 Å². The maximum atomic E-state index is 12.1. The average molecular weight is 334 g/mol. The summed E-state index contributed by atoms with van der Waals surface area (Å²) in [5.74, 6) is 0.467. The number of nitrogens with zero attached hydrogens (tertiary/aromatic N) is 3. The van der Waals surface area contributed by atoms with Gasteiger partial charge in [0.25, 0.3) is 5.56 Å². The van der Waals surface area contributed by atoms with Gasteiger partial charge in [0.2, 0.25) is 5.91 Å². The molecule has 7 nitrogen and oxygen atoms in total. The third-order valence-corrected chi connectivity index (χ3v) is 5.04. The first-order valence-corrected chi connectivity index (χ1v) is 8.79. The van der Waals surface area contributed by atoms with Crippen molar-refractivity contribution in [1.82, 2.24) is 15.1 Å². The van der Waals surface area contributed by atoms with Crippen LogP contribution in [-0.4, -0.2) is 48.5 Å². The van der Waals surface area contributed by atoms with E-state index in [2.05, 4.69) is 15.3 Å². The first-order valence-electron chi connectivity index (χ1n) is 8.79. The van der Waals surface area contributed by atoms with Crippen LogP contribution in [-0.2, 0) is 16.1 Å². The van der Waals surface area contributed by atoms with Crippen LogP contribution in [0, 0.1) is 5.92 Å². The van der Waals surface area contributed by atoms with Crippen LogP contribution >= 0.6 is 0 Å². The van der Waals surface area contributed by atoms with E-state index in [0.29, 0.717) is 13.2 Å². The molecule has 1 aromatic heterocycles. The van der Waals surface area contributed by atoms with Crippen molar-refractivity contribution in [2.75, 3.05) is 31.7 Å². The fourth-order valence-electron chi connectivity index (χ4n) is 3.21. The van der Waals surface area contributed by atoms with Crippen molar-refractivity contribution < 1.29 is 9.53 Å². The van der Waals surface area contributed by atoms with Crippen molar-refractivity contribution in [2.24, 2.45) is 5.92 Å². The van der Waals surface area contributed by atoms with E-state index in [4.69, 9.17) is 4.74 Å². The van der Waals surface area contributed by atoms with Crippen molar-refractivity contribution in [2.45, 2.75) is 44.7 Å². The number of carbonyl (C=O) groups is 1. The number of carbonyl (C=O) groups excluding carboxylic acids is 1. The molecule has 2 fully saturated rings. The van der Waals surface area contributed by atoms with Crippen molar-refractivity contribution in [3.05, 3.63) is 22.6 Å². The van der Waals surface area contributed by atoms with Crippen LogP contribution in [0.4, 0.5) is 5.69 Å².